The van der Waals surface area contributed by atoms with Crippen LogP contribution < -0.4 is 0 Å². The van der Waals surface area contributed by atoms with E-state index >= 15 is 0 Å². The van der Waals surface area contributed by atoms with Gasteiger partial charge in [0.1, 0.15) is 0 Å². The minimum absolute atomic E-state index is 0.603. The molecule has 0 N–H and O–H groups in total. The summed E-state index contributed by atoms with van der Waals surface area (Å²) in [6.07, 6.45) is 51.4. The van der Waals surface area contributed by atoms with E-state index in [-0.39, 0.29) is 0 Å². The van der Waals surface area contributed by atoms with Gasteiger partial charge in [0.2, 0.25) is 0 Å². The molecule has 0 saturated heterocycles. The van der Waals surface area contributed by atoms with E-state index in [0.717, 1.165) is 25.7 Å². The van der Waals surface area contributed by atoms with Crippen LogP contribution in [0.5, 0.6) is 0 Å². The molecular formula is C44H91O3P. The quantitative estimate of drug-likeness (QED) is 0.0470. The van der Waals surface area contributed by atoms with Gasteiger partial charge in [-0.3, -0.25) is 4.57 Å². The lowest BCUT2D eigenvalue weighted by Gasteiger charge is -2.19. The van der Waals surface area contributed by atoms with E-state index in [9.17, 15) is 4.57 Å². The van der Waals surface area contributed by atoms with Crippen LogP contribution in [0.15, 0.2) is 0 Å². The molecule has 0 aliphatic carbocycles. The van der Waals surface area contributed by atoms with Crippen molar-refractivity contribution in [2.75, 3.05) is 19.4 Å². The molecule has 0 aliphatic rings. The fourth-order valence-corrected chi connectivity index (χ4v) is 8.72. The van der Waals surface area contributed by atoms with Crippen LogP contribution in [0.2, 0.25) is 0 Å². The predicted molar refractivity (Wildman–Crippen MR) is 217 cm³/mol. The average Bonchev–Trinajstić information content (AvgIpc) is 3.09. The van der Waals surface area contributed by atoms with Gasteiger partial charge in [-0.2, -0.15) is 0 Å². The lowest BCUT2D eigenvalue weighted by atomic mass is 10.0. The van der Waals surface area contributed by atoms with Gasteiger partial charge in [0.05, 0.1) is 19.4 Å². The van der Waals surface area contributed by atoms with Crippen molar-refractivity contribution in [3.05, 3.63) is 0 Å². The first-order valence-electron chi connectivity index (χ1n) is 22.6. The Hall–Kier alpha value is 0.150. The molecule has 4 heteroatoms. The standard InChI is InChI=1S/C44H91O3P/c1-4-7-10-13-16-19-22-25-26-29-32-35-38-41-44-48(45,46-42-39-36-33-30-27-23-20-17-14-11-8-5-2)47-43-40-37-34-31-28-24-21-18-15-12-9-6-3/h4-44H2,1-3H3. The fraction of sp³-hybridized carbons (Fsp3) is 1.00. The number of hydrogen-bond acceptors (Lipinski definition) is 3. The second-order valence-electron chi connectivity index (χ2n) is 15.4. The Morgan fingerprint density at radius 2 is 0.458 bits per heavy atom. The van der Waals surface area contributed by atoms with E-state index in [1.807, 2.05) is 0 Å². The predicted octanol–water partition coefficient (Wildman–Crippen LogP) is 17.1. The summed E-state index contributed by atoms with van der Waals surface area (Å²) in [7, 11) is -2.97. The van der Waals surface area contributed by atoms with Gasteiger partial charge in [0.25, 0.3) is 0 Å². The lowest BCUT2D eigenvalue weighted by molar-refractivity contribution is 0.197. The van der Waals surface area contributed by atoms with Crippen molar-refractivity contribution >= 4 is 7.60 Å². The van der Waals surface area contributed by atoms with Crippen LogP contribution in [0.4, 0.5) is 0 Å². The van der Waals surface area contributed by atoms with Gasteiger partial charge < -0.3 is 9.05 Å². The van der Waals surface area contributed by atoms with Gasteiger partial charge in [-0.25, -0.2) is 0 Å². The third-order valence-electron chi connectivity index (χ3n) is 10.4. The zero-order chi connectivity index (χ0) is 34.9. The summed E-state index contributed by atoms with van der Waals surface area (Å²) in [5, 5.41) is 0. The van der Waals surface area contributed by atoms with Crippen LogP contribution >= 0.6 is 7.60 Å². The molecule has 0 spiro atoms. The maximum Gasteiger partial charge on any atom is 0.330 e. The monoisotopic (exact) mass is 699 g/mol. The van der Waals surface area contributed by atoms with Crippen LogP contribution in [0.3, 0.4) is 0 Å². The van der Waals surface area contributed by atoms with Crippen LogP contribution in [0.25, 0.3) is 0 Å². The average molecular weight is 699 g/mol. The molecule has 0 aromatic rings. The van der Waals surface area contributed by atoms with Crippen LogP contribution in [0, 0.1) is 0 Å². The molecule has 0 atom stereocenters. The second kappa shape index (κ2) is 41.6. The first kappa shape index (κ1) is 48.1. The Kier molecular flexibility index (Phi) is 41.7. The molecule has 0 aromatic heterocycles. The first-order valence-corrected chi connectivity index (χ1v) is 24.3. The minimum Gasteiger partial charge on any atom is -0.309 e. The Morgan fingerprint density at radius 1 is 0.271 bits per heavy atom. The van der Waals surface area contributed by atoms with Crippen LogP contribution in [-0.2, 0) is 13.6 Å². The number of unbranched alkanes of at least 4 members (excludes halogenated alkanes) is 35. The van der Waals surface area contributed by atoms with Gasteiger partial charge in [-0.05, 0) is 19.3 Å². The molecule has 0 bridgehead atoms. The highest BCUT2D eigenvalue weighted by atomic mass is 31.2. The summed E-state index contributed by atoms with van der Waals surface area (Å²) in [5.74, 6) is 0. The van der Waals surface area contributed by atoms with Gasteiger partial charge in [0.15, 0.2) is 0 Å². The molecular weight excluding hydrogens is 607 g/mol. The van der Waals surface area contributed by atoms with Crippen molar-refractivity contribution in [3.63, 3.8) is 0 Å². The van der Waals surface area contributed by atoms with Crippen molar-refractivity contribution in [3.8, 4) is 0 Å². The van der Waals surface area contributed by atoms with Crippen molar-refractivity contribution in [1.82, 2.24) is 0 Å². The number of rotatable bonds is 43. The summed E-state index contributed by atoms with van der Waals surface area (Å²) in [5.41, 5.74) is 0. The van der Waals surface area contributed by atoms with E-state index in [0.29, 0.717) is 19.4 Å². The Morgan fingerprint density at radius 3 is 0.688 bits per heavy atom. The highest BCUT2D eigenvalue weighted by molar-refractivity contribution is 7.53. The second-order valence-corrected chi connectivity index (χ2v) is 17.6. The first-order chi connectivity index (χ1) is 23.7. The molecule has 48 heavy (non-hydrogen) atoms. The summed E-state index contributed by atoms with van der Waals surface area (Å²) >= 11 is 0. The van der Waals surface area contributed by atoms with E-state index in [4.69, 9.17) is 9.05 Å². The molecule has 0 saturated carbocycles. The van der Waals surface area contributed by atoms with Gasteiger partial charge in [-0.15, -0.1) is 0 Å². The zero-order valence-electron chi connectivity index (χ0n) is 33.7. The minimum atomic E-state index is -2.97. The Balaban J connectivity index is 4.07. The largest absolute Gasteiger partial charge is 0.330 e. The molecule has 290 valence electrons. The Bertz CT molecular complexity index is 590. The molecule has 0 heterocycles. The molecule has 0 radical (unpaired) electrons. The molecule has 0 aromatic carbocycles. The highest BCUT2D eigenvalue weighted by Crippen LogP contribution is 2.49. The highest BCUT2D eigenvalue weighted by Gasteiger charge is 2.23. The normalized spacial score (nSPS) is 12.0. The molecule has 0 unspecified atom stereocenters. The summed E-state index contributed by atoms with van der Waals surface area (Å²) in [6, 6.07) is 0. The van der Waals surface area contributed by atoms with Gasteiger partial charge in [0, 0.05) is 0 Å². The molecule has 0 aliphatic heterocycles. The van der Waals surface area contributed by atoms with Gasteiger partial charge >= 0.3 is 7.60 Å². The Labute approximate surface area is 304 Å². The molecule has 0 fully saturated rings. The molecule has 0 rings (SSSR count). The SMILES string of the molecule is CCCCCCCCCCCCCCCCP(=O)(OCCCCCCCCCCCCCC)OCCCCCCCCCCCCCC. The lowest BCUT2D eigenvalue weighted by Crippen LogP contribution is -2.04. The van der Waals surface area contributed by atoms with E-state index in [1.54, 1.807) is 0 Å². The van der Waals surface area contributed by atoms with Crippen molar-refractivity contribution < 1.29 is 13.6 Å². The van der Waals surface area contributed by atoms with Crippen LogP contribution in [0.1, 0.15) is 265 Å². The fourth-order valence-electron chi connectivity index (χ4n) is 6.96. The van der Waals surface area contributed by atoms with E-state index in [2.05, 4.69) is 20.8 Å². The van der Waals surface area contributed by atoms with E-state index < -0.39 is 7.60 Å². The van der Waals surface area contributed by atoms with Crippen molar-refractivity contribution in [2.24, 2.45) is 0 Å². The van der Waals surface area contributed by atoms with Gasteiger partial charge in [-0.1, -0.05) is 245 Å². The molecule has 3 nitrogen and oxygen atoms in total. The topological polar surface area (TPSA) is 35.5 Å². The zero-order valence-corrected chi connectivity index (χ0v) is 34.6. The van der Waals surface area contributed by atoms with Crippen LogP contribution in [-0.4, -0.2) is 19.4 Å². The van der Waals surface area contributed by atoms with E-state index in [1.165, 1.54) is 218 Å². The summed E-state index contributed by atoms with van der Waals surface area (Å²) in [4.78, 5) is 0. The smallest absolute Gasteiger partial charge is 0.309 e. The summed E-state index contributed by atoms with van der Waals surface area (Å²) < 4.78 is 25.8. The molecule has 0 amide bonds. The van der Waals surface area contributed by atoms with Crippen molar-refractivity contribution in [2.45, 2.75) is 265 Å². The third kappa shape index (κ3) is 38.9. The maximum absolute atomic E-state index is 13.7. The third-order valence-corrected chi connectivity index (χ3v) is 12.4. The number of hydrogen-bond donors (Lipinski definition) is 0. The maximum atomic E-state index is 13.7. The summed E-state index contributed by atoms with van der Waals surface area (Å²) in [6.45, 7) is 8.08. The van der Waals surface area contributed by atoms with Crippen molar-refractivity contribution in [1.29, 1.82) is 0 Å².